The lowest BCUT2D eigenvalue weighted by molar-refractivity contribution is 0.382. The highest BCUT2D eigenvalue weighted by atomic mass is 19.1. The monoisotopic (exact) mass is 251 g/mol. The van der Waals surface area contributed by atoms with E-state index in [-0.39, 0.29) is 23.0 Å². The molecule has 0 amide bonds. The standard InChI is InChI=1S/C13H11F2NO2/c1-17-12-7-13(11(16)6-10(12)15)18-9-4-2-8(14)3-5-9/h2-7H,16H2,1H3. The van der Waals surface area contributed by atoms with Crippen molar-refractivity contribution in [3.05, 3.63) is 48.0 Å². The second-order valence-corrected chi connectivity index (χ2v) is 3.58. The Morgan fingerprint density at radius 1 is 1.00 bits per heavy atom. The second kappa shape index (κ2) is 4.91. The molecule has 0 aromatic heterocycles. The minimum Gasteiger partial charge on any atom is -0.494 e. The summed E-state index contributed by atoms with van der Waals surface area (Å²) in [6.07, 6.45) is 0. The maximum Gasteiger partial charge on any atom is 0.167 e. The fourth-order valence-electron chi connectivity index (χ4n) is 1.42. The predicted molar refractivity (Wildman–Crippen MR) is 63.8 cm³/mol. The van der Waals surface area contributed by atoms with Crippen molar-refractivity contribution in [3.8, 4) is 17.2 Å². The van der Waals surface area contributed by atoms with E-state index < -0.39 is 5.82 Å². The fraction of sp³-hybridized carbons (Fsp3) is 0.0769. The van der Waals surface area contributed by atoms with Gasteiger partial charge in [0, 0.05) is 12.1 Å². The maximum absolute atomic E-state index is 13.3. The molecule has 0 bridgehead atoms. The molecule has 18 heavy (non-hydrogen) atoms. The zero-order chi connectivity index (χ0) is 13.1. The summed E-state index contributed by atoms with van der Waals surface area (Å²) in [6, 6.07) is 7.86. The number of ether oxygens (including phenoxy) is 2. The van der Waals surface area contributed by atoms with E-state index in [4.69, 9.17) is 15.2 Å². The van der Waals surface area contributed by atoms with Crippen molar-refractivity contribution in [2.24, 2.45) is 0 Å². The van der Waals surface area contributed by atoms with Crippen LogP contribution in [-0.4, -0.2) is 7.11 Å². The van der Waals surface area contributed by atoms with Crippen molar-refractivity contribution in [1.82, 2.24) is 0 Å². The molecular weight excluding hydrogens is 240 g/mol. The van der Waals surface area contributed by atoms with Gasteiger partial charge >= 0.3 is 0 Å². The number of hydrogen-bond acceptors (Lipinski definition) is 3. The van der Waals surface area contributed by atoms with E-state index >= 15 is 0 Å². The van der Waals surface area contributed by atoms with Crippen molar-refractivity contribution in [2.45, 2.75) is 0 Å². The number of nitrogen functional groups attached to an aromatic ring is 1. The van der Waals surface area contributed by atoms with Crippen LogP contribution in [0, 0.1) is 11.6 Å². The van der Waals surface area contributed by atoms with Crippen LogP contribution in [0.2, 0.25) is 0 Å². The molecule has 5 heteroatoms. The highest BCUT2D eigenvalue weighted by Crippen LogP contribution is 2.33. The van der Waals surface area contributed by atoms with Crippen molar-refractivity contribution >= 4 is 5.69 Å². The first-order valence-electron chi connectivity index (χ1n) is 5.16. The first kappa shape index (κ1) is 12.2. The summed E-state index contributed by atoms with van der Waals surface area (Å²) in [5.41, 5.74) is 5.76. The number of benzene rings is 2. The smallest absolute Gasteiger partial charge is 0.167 e. The van der Waals surface area contributed by atoms with Crippen LogP contribution in [0.25, 0.3) is 0 Å². The minimum absolute atomic E-state index is 0.0290. The third-order valence-corrected chi connectivity index (χ3v) is 2.33. The van der Waals surface area contributed by atoms with Crippen LogP contribution in [0.5, 0.6) is 17.2 Å². The van der Waals surface area contributed by atoms with E-state index in [1.807, 2.05) is 0 Å². The Morgan fingerprint density at radius 2 is 1.67 bits per heavy atom. The van der Waals surface area contributed by atoms with Gasteiger partial charge in [0.1, 0.15) is 11.6 Å². The molecular formula is C13H11F2NO2. The Labute approximate surface area is 103 Å². The highest BCUT2D eigenvalue weighted by Gasteiger charge is 2.10. The summed E-state index contributed by atoms with van der Waals surface area (Å²) in [6.45, 7) is 0. The highest BCUT2D eigenvalue weighted by molar-refractivity contribution is 5.57. The lowest BCUT2D eigenvalue weighted by Gasteiger charge is -2.10. The van der Waals surface area contributed by atoms with Crippen LogP contribution in [0.1, 0.15) is 0 Å². The van der Waals surface area contributed by atoms with Gasteiger partial charge < -0.3 is 15.2 Å². The minimum atomic E-state index is -0.568. The quantitative estimate of drug-likeness (QED) is 0.851. The number of anilines is 1. The van der Waals surface area contributed by atoms with Gasteiger partial charge in [-0.05, 0) is 24.3 Å². The van der Waals surface area contributed by atoms with Gasteiger partial charge in [0.25, 0.3) is 0 Å². The third kappa shape index (κ3) is 2.51. The molecule has 0 heterocycles. The summed E-state index contributed by atoms with van der Waals surface area (Å²) in [5, 5.41) is 0. The van der Waals surface area contributed by atoms with Gasteiger partial charge in [-0.3, -0.25) is 0 Å². The van der Waals surface area contributed by atoms with Gasteiger partial charge in [-0.1, -0.05) is 0 Å². The topological polar surface area (TPSA) is 44.5 Å². The average Bonchev–Trinajstić information content (AvgIpc) is 2.35. The van der Waals surface area contributed by atoms with Gasteiger partial charge in [0.15, 0.2) is 17.3 Å². The molecule has 0 atom stereocenters. The van der Waals surface area contributed by atoms with E-state index in [1.54, 1.807) is 0 Å². The largest absolute Gasteiger partial charge is 0.494 e. The van der Waals surface area contributed by atoms with Crippen molar-refractivity contribution in [3.63, 3.8) is 0 Å². The predicted octanol–water partition coefficient (Wildman–Crippen LogP) is 3.35. The molecule has 0 spiro atoms. The molecule has 2 rings (SSSR count). The summed E-state index contributed by atoms with van der Waals surface area (Å²) in [7, 11) is 1.34. The number of rotatable bonds is 3. The van der Waals surface area contributed by atoms with Crippen LogP contribution in [-0.2, 0) is 0 Å². The van der Waals surface area contributed by atoms with Crippen LogP contribution in [0.4, 0.5) is 14.5 Å². The average molecular weight is 251 g/mol. The Hall–Kier alpha value is -2.30. The fourth-order valence-corrected chi connectivity index (χ4v) is 1.42. The molecule has 2 aromatic carbocycles. The molecule has 0 aliphatic heterocycles. The molecule has 0 aliphatic rings. The van der Waals surface area contributed by atoms with Crippen molar-refractivity contribution < 1.29 is 18.3 Å². The molecule has 0 unspecified atom stereocenters. The first-order chi connectivity index (χ1) is 8.60. The molecule has 3 nitrogen and oxygen atoms in total. The van der Waals surface area contributed by atoms with Crippen LogP contribution < -0.4 is 15.2 Å². The molecule has 0 radical (unpaired) electrons. The number of hydrogen-bond donors (Lipinski definition) is 1. The zero-order valence-corrected chi connectivity index (χ0v) is 9.61. The normalized spacial score (nSPS) is 10.2. The van der Waals surface area contributed by atoms with Crippen LogP contribution >= 0.6 is 0 Å². The van der Waals surface area contributed by atoms with Gasteiger partial charge in [0.2, 0.25) is 0 Å². The second-order valence-electron chi connectivity index (χ2n) is 3.58. The maximum atomic E-state index is 13.3. The molecule has 0 aliphatic carbocycles. The molecule has 0 saturated heterocycles. The van der Waals surface area contributed by atoms with Gasteiger partial charge in [-0.25, -0.2) is 8.78 Å². The Kier molecular flexibility index (Phi) is 3.32. The Balaban J connectivity index is 2.31. The number of halogens is 2. The van der Waals surface area contributed by atoms with Crippen LogP contribution in [0.3, 0.4) is 0 Å². The van der Waals surface area contributed by atoms with E-state index in [2.05, 4.69) is 0 Å². The third-order valence-electron chi connectivity index (χ3n) is 2.33. The molecule has 2 aromatic rings. The number of methoxy groups -OCH3 is 1. The first-order valence-corrected chi connectivity index (χ1v) is 5.16. The summed E-state index contributed by atoms with van der Waals surface area (Å²) in [5.74, 6) is -0.258. The lowest BCUT2D eigenvalue weighted by Crippen LogP contribution is -1.96. The van der Waals surface area contributed by atoms with E-state index in [0.717, 1.165) is 6.07 Å². The molecule has 0 saturated carbocycles. The van der Waals surface area contributed by atoms with Crippen LogP contribution in [0.15, 0.2) is 36.4 Å². The summed E-state index contributed by atoms with van der Waals surface area (Å²) < 4.78 is 36.3. The Morgan fingerprint density at radius 3 is 2.28 bits per heavy atom. The summed E-state index contributed by atoms with van der Waals surface area (Å²) >= 11 is 0. The lowest BCUT2D eigenvalue weighted by atomic mass is 10.2. The van der Waals surface area contributed by atoms with E-state index in [1.165, 1.54) is 37.4 Å². The molecule has 2 N–H and O–H groups in total. The van der Waals surface area contributed by atoms with Gasteiger partial charge in [-0.15, -0.1) is 0 Å². The van der Waals surface area contributed by atoms with Gasteiger partial charge in [-0.2, -0.15) is 0 Å². The van der Waals surface area contributed by atoms with E-state index in [9.17, 15) is 8.78 Å². The van der Waals surface area contributed by atoms with Crippen molar-refractivity contribution in [1.29, 1.82) is 0 Å². The zero-order valence-electron chi connectivity index (χ0n) is 9.61. The van der Waals surface area contributed by atoms with E-state index in [0.29, 0.717) is 5.75 Å². The Bertz CT molecular complexity index is 556. The van der Waals surface area contributed by atoms with Crippen molar-refractivity contribution in [2.75, 3.05) is 12.8 Å². The number of nitrogens with two attached hydrogens (primary N) is 1. The summed E-state index contributed by atoms with van der Waals surface area (Å²) in [4.78, 5) is 0. The SMILES string of the molecule is COc1cc(Oc2ccc(F)cc2)c(N)cc1F. The molecule has 0 fully saturated rings. The van der Waals surface area contributed by atoms with Gasteiger partial charge in [0.05, 0.1) is 12.8 Å². The molecule has 94 valence electrons.